The second kappa shape index (κ2) is 7.31. The average Bonchev–Trinajstić information content (AvgIpc) is 2.47. The summed E-state index contributed by atoms with van der Waals surface area (Å²) < 4.78 is 35.2. The van der Waals surface area contributed by atoms with Crippen molar-refractivity contribution in [3.05, 3.63) is 66.0 Å². The molecule has 0 spiro atoms. The summed E-state index contributed by atoms with van der Waals surface area (Å²) >= 11 is 0. The van der Waals surface area contributed by atoms with Crippen LogP contribution in [0.1, 0.15) is 11.1 Å². The van der Waals surface area contributed by atoms with Gasteiger partial charge in [0.05, 0.1) is 15.9 Å². The molecule has 5 nitrogen and oxygen atoms in total. The van der Waals surface area contributed by atoms with Gasteiger partial charge in [0.15, 0.2) is 18.9 Å². The van der Waals surface area contributed by atoms with Gasteiger partial charge in [-0.05, 0) is 16.7 Å². The Morgan fingerprint density at radius 2 is 1.77 bits per heavy atom. The number of aromatic nitrogens is 1. The molecule has 0 saturated carbocycles. The van der Waals surface area contributed by atoms with Crippen molar-refractivity contribution >= 4 is 21.8 Å². The third-order valence-electron chi connectivity index (χ3n) is 3.09. The van der Waals surface area contributed by atoms with Gasteiger partial charge in [-0.3, -0.25) is 0 Å². The largest absolute Gasteiger partial charge is 0.748 e. The molecule has 0 atom stereocenters. The van der Waals surface area contributed by atoms with Crippen molar-refractivity contribution in [3.8, 4) is 0 Å². The molecule has 2 rings (SSSR count). The van der Waals surface area contributed by atoms with Crippen molar-refractivity contribution in [2.75, 3.05) is 12.4 Å². The van der Waals surface area contributed by atoms with E-state index in [1.165, 1.54) is 0 Å². The van der Waals surface area contributed by atoms with Crippen LogP contribution in [0.3, 0.4) is 0 Å². The van der Waals surface area contributed by atoms with Crippen LogP contribution in [0.15, 0.2) is 54.9 Å². The van der Waals surface area contributed by atoms with E-state index in [1.807, 2.05) is 30.3 Å². The lowest BCUT2D eigenvalue weighted by Crippen LogP contribution is -2.34. The van der Waals surface area contributed by atoms with Gasteiger partial charge in [-0.15, -0.1) is 0 Å². The molecule has 0 unspecified atom stereocenters. The van der Waals surface area contributed by atoms with Crippen molar-refractivity contribution in [2.24, 2.45) is 0 Å². The maximum absolute atomic E-state index is 11.1. The second-order valence-corrected chi connectivity index (χ2v) is 6.23. The Morgan fingerprint density at radius 3 is 2.32 bits per heavy atom. The van der Waals surface area contributed by atoms with Crippen LogP contribution in [0.4, 0.5) is 0 Å². The second-order valence-electron chi connectivity index (χ2n) is 4.83. The van der Waals surface area contributed by atoms with Crippen LogP contribution in [0, 0.1) is 0 Å². The van der Waals surface area contributed by atoms with E-state index in [-0.39, 0.29) is 6.61 Å². The smallest absolute Gasteiger partial charge is 0.171 e. The van der Waals surface area contributed by atoms with E-state index in [9.17, 15) is 13.0 Å². The minimum Gasteiger partial charge on any atom is -0.748 e. The highest BCUT2D eigenvalue weighted by Crippen LogP contribution is 2.19. The number of benzene rings is 1. The highest BCUT2D eigenvalue weighted by molar-refractivity contribution is 7.86. The van der Waals surface area contributed by atoms with Gasteiger partial charge in [0, 0.05) is 12.1 Å². The number of pyridine rings is 1. The van der Waals surface area contributed by atoms with E-state index < -0.39 is 15.9 Å². The van der Waals surface area contributed by atoms with Crippen LogP contribution in [0.25, 0.3) is 11.6 Å². The molecular formula is C16H17NO4S. The molecule has 1 aromatic carbocycles. The summed E-state index contributed by atoms with van der Waals surface area (Å²) in [4.78, 5) is 0. The molecule has 0 aliphatic rings. The first kappa shape index (κ1) is 16.4. The van der Waals surface area contributed by atoms with Gasteiger partial charge in [-0.2, -0.15) is 0 Å². The summed E-state index contributed by atoms with van der Waals surface area (Å²) in [6.07, 6.45) is 5.17. The van der Waals surface area contributed by atoms with Gasteiger partial charge in [0.2, 0.25) is 0 Å². The van der Waals surface area contributed by atoms with Gasteiger partial charge >= 0.3 is 0 Å². The fourth-order valence-corrected chi connectivity index (χ4v) is 2.72. The van der Waals surface area contributed by atoms with E-state index in [0.29, 0.717) is 17.7 Å². The molecule has 0 amide bonds. The Hall–Kier alpha value is -2.02. The number of rotatable bonds is 6. The molecule has 0 fully saturated rings. The Kier molecular flexibility index (Phi) is 5.43. The summed E-state index contributed by atoms with van der Waals surface area (Å²) in [6, 6.07) is 12.7. The average molecular weight is 319 g/mol. The van der Waals surface area contributed by atoms with Crippen molar-refractivity contribution in [1.29, 1.82) is 0 Å². The lowest BCUT2D eigenvalue weighted by atomic mass is 10.1. The summed E-state index contributed by atoms with van der Waals surface area (Å²) in [5.41, 5.74) is 1.93. The van der Waals surface area contributed by atoms with E-state index in [2.05, 4.69) is 0 Å². The molecule has 1 N–H and O–H groups in total. The van der Waals surface area contributed by atoms with E-state index in [4.69, 9.17) is 5.11 Å². The van der Waals surface area contributed by atoms with Crippen LogP contribution in [-0.4, -0.2) is 30.4 Å². The van der Waals surface area contributed by atoms with Crippen LogP contribution in [-0.2, 0) is 16.7 Å². The third kappa shape index (κ3) is 5.07. The molecule has 0 aliphatic heterocycles. The maximum atomic E-state index is 11.1. The fraction of sp³-hybridized carbons (Fsp3) is 0.188. The van der Waals surface area contributed by atoms with Crippen LogP contribution in [0.2, 0.25) is 0 Å². The lowest BCUT2D eigenvalue weighted by molar-refractivity contribution is -0.698. The van der Waals surface area contributed by atoms with Crippen molar-refractivity contribution in [1.82, 2.24) is 0 Å². The Labute approximate surface area is 129 Å². The van der Waals surface area contributed by atoms with Crippen LogP contribution in [0.5, 0.6) is 0 Å². The molecule has 22 heavy (non-hydrogen) atoms. The highest BCUT2D eigenvalue weighted by atomic mass is 32.2. The first-order valence-electron chi connectivity index (χ1n) is 6.77. The molecule has 6 heteroatoms. The highest BCUT2D eigenvalue weighted by Gasteiger charge is 2.09. The monoisotopic (exact) mass is 319 g/mol. The molecule has 1 heterocycles. The third-order valence-corrected chi connectivity index (χ3v) is 3.76. The Morgan fingerprint density at radius 1 is 1.14 bits per heavy atom. The predicted octanol–water partition coefficient (Wildman–Crippen LogP) is 1.05. The molecule has 0 radical (unpaired) electrons. The first-order valence-corrected chi connectivity index (χ1v) is 8.35. The van der Waals surface area contributed by atoms with Gasteiger partial charge in [-0.1, -0.05) is 36.4 Å². The standard InChI is InChI=1S/C16H17NO4S/c18-11-10-17-8-6-15(7-9-17)16(13-22(19,20)21)12-14-4-2-1-3-5-14/h1-9,12,18H,10-11,13H2. The number of nitrogens with zero attached hydrogens (tertiary/aromatic N) is 1. The van der Waals surface area contributed by atoms with Gasteiger partial charge in [0.1, 0.15) is 6.61 Å². The van der Waals surface area contributed by atoms with Crippen LogP contribution < -0.4 is 4.57 Å². The number of hydrogen-bond donors (Lipinski definition) is 1. The Balaban J connectivity index is 2.38. The lowest BCUT2D eigenvalue weighted by Gasteiger charge is -2.11. The molecule has 0 saturated heterocycles. The summed E-state index contributed by atoms with van der Waals surface area (Å²) in [5.74, 6) is -0.564. The van der Waals surface area contributed by atoms with Crippen molar-refractivity contribution in [2.45, 2.75) is 6.54 Å². The minimum absolute atomic E-state index is 0.0195. The quantitative estimate of drug-likeness (QED) is 0.637. The zero-order valence-electron chi connectivity index (χ0n) is 11.9. The molecule has 0 aliphatic carbocycles. The molecule has 1 aromatic heterocycles. The fourth-order valence-electron chi connectivity index (χ4n) is 2.09. The normalized spacial score (nSPS) is 12.4. The topological polar surface area (TPSA) is 81.3 Å². The zero-order valence-corrected chi connectivity index (χ0v) is 12.7. The molecular weight excluding hydrogens is 302 g/mol. The molecule has 116 valence electrons. The number of hydrogen-bond acceptors (Lipinski definition) is 4. The van der Waals surface area contributed by atoms with Crippen molar-refractivity contribution < 1.29 is 22.6 Å². The molecule has 2 aromatic rings. The van der Waals surface area contributed by atoms with Gasteiger partial charge in [-0.25, -0.2) is 13.0 Å². The summed E-state index contributed by atoms with van der Waals surface area (Å²) in [7, 11) is -4.38. The maximum Gasteiger partial charge on any atom is 0.171 e. The SMILES string of the molecule is O=S(=O)([O-])CC(=Cc1ccccc1)c1cc[n+](CCO)cc1. The van der Waals surface area contributed by atoms with Crippen molar-refractivity contribution in [3.63, 3.8) is 0 Å². The van der Waals surface area contributed by atoms with E-state index >= 15 is 0 Å². The number of aliphatic hydroxyl groups excluding tert-OH is 1. The zero-order chi connectivity index (χ0) is 16.0. The number of aliphatic hydroxyl groups is 1. The summed E-state index contributed by atoms with van der Waals surface area (Å²) in [6.45, 7) is 0.476. The van der Waals surface area contributed by atoms with Crippen LogP contribution >= 0.6 is 0 Å². The Bertz CT molecular complexity index is 737. The molecule has 0 bridgehead atoms. The van der Waals surface area contributed by atoms with Gasteiger partial charge < -0.3 is 9.66 Å². The minimum atomic E-state index is -4.38. The van der Waals surface area contributed by atoms with E-state index in [1.54, 1.807) is 35.2 Å². The summed E-state index contributed by atoms with van der Waals surface area (Å²) in [5, 5.41) is 8.89. The predicted molar refractivity (Wildman–Crippen MR) is 82.6 cm³/mol. The van der Waals surface area contributed by atoms with Gasteiger partial charge in [0.25, 0.3) is 0 Å². The van der Waals surface area contributed by atoms with E-state index in [0.717, 1.165) is 5.56 Å². The first-order chi connectivity index (χ1) is 10.5.